The molecule has 2 aliphatic rings. The summed E-state index contributed by atoms with van der Waals surface area (Å²) in [6.45, 7) is 11.5. The van der Waals surface area contributed by atoms with Crippen molar-refractivity contribution in [3.8, 4) is 5.88 Å². The van der Waals surface area contributed by atoms with Gasteiger partial charge in [0.2, 0.25) is 11.7 Å². The minimum atomic E-state index is -0.529. The van der Waals surface area contributed by atoms with Gasteiger partial charge in [0.15, 0.2) is 11.6 Å². The average Bonchev–Trinajstić information content (AvgIpc) is 3.48. The summed E-state index contributed by atoms with van der Waals surface area (Å²) in [4.78, 5) is 38.4. The molecule has 3 aromatic rings. The van der Waals surface area contributed by atoms with Crippen molar-refractivity contribution in [2.24, 2.45) is 0 Å². The van der Waals surface area contributed by atoms with E-state index in [9.17, 15) is 9.59 Å². The zero-order valence-electron chi connectivity index (χ0n) is 21.8. The molecule has 12 nitrogen and oxygen atoms in total. The van der Waals surface area contributed by atoms with Gasteiger partial charge in [-0.1, -0.05) is 0 Å². The molecule has 0 bridgehead atoms. The first-order chi connectivity index (χ1) is 17.6. The second kappa shape index (κ2) is 9.16. The number of ether oxygens (including phenoxy) is 2. The van der Waals surface area contributed by atoms with E-state index in [1.54, 1.807) is 22.9 Å². The highest BCUT2D eigenvalue weighted by atomic mass is 16.6. The van der Waals surface area contributed by atoms with Gasteiger partial charge in [0.1, 0.15) is 11.2 Å². The molecule has 2 amide bonds. The molecule has 37 heavy (non-hydrogen) atoms. The number of hydrogen-bond donors (Lipinski definition) is 1. The first kappa shape index (κ1) is 24.7. The minimum absolute atomic E-state index is 0.209. The number of fused-ring (bicyclic) bond motifs is 1. The highest BCUT2D eigenvalue weighted by Gasteiger charge is 2.54. The average molecular weight is 509 g/mol. The molecule has 0 unspecified atom stereocenters. The quantitative estimate of drug-likeness (QED) is 0.553. The molecule has 196 valence electrons. The lowest BCUT2D eigenvalue weighted by molar-refractivity contribution is 0.0106. The van der Waals surface area contributed by atoms with Gasteiger partial charge in [0, 0.05) is 32.0 Å². The lowest BCUT2D eigenvalue weighted by atomic mass is 10.1. The van der Waals surface area contributed by atoms with Crippen molar-refractivity contribution in [3.63, 3.8) is 0 Å². The zero-order valence-corrected chi connectivity index (χ0v) is 21.8. The smallest absolute Gasteiger partial charge is 0.410 e. The van der Waals surface area contributed by atoms with E-state index in [2.05, 4.69) is 30.4 Å². The molecule has 1 aliphatic carbocycles. The molecule has 5 rings (SSSR count). The van der Waals surface area contributed by atoms with Gasteiger partial charge in [0.25, 0.3) is 5.91 Å². The standard InChI is InChI=1S/C25H32N8O4/c1-6-36-21-17(14-32-13-16(2)26-22(32)28-21)20(34)27-18-7-8-19(30-29-18)31-11-12-33(25(15-31)9-10-25)23(35)37-24(3,4)5/h7-8,13-14H,6,9-12,15H2,1-5H3,(H,27,29,34). The number of aromatic nitrogens is 5. The van der Waals surface area contributed by atoms with Crippen LogP contribution in [0.3, 0.4) is 0 Å². The van der Waals surface area contributed by atoms with Crippen molar-refractivity contribution < 1.29 is 19.1 Å². The predicted molar refractivity (Wildman–Crippen MR) is 136 cm³/mol. The van der Waals surface area contributed by atoms with Crippen LogP contribution >= 0.6 is 0 Å². The molecule has 1 saturated carbocycles. The van der Waals surface area contributed by atoms with Crippen LogP contribution in [0.25, 0.3) is 5.78 Å². The Hall–Kier alpha value is -3.96. The molecular formula is C25H32N8O4. The Morgan fingerprint density at radius 1 is 1.11 bits per heavy atom. The van der Waals surface area contributed by atoms with Gasteiger partial charge < -0.3 is 19.7 Å². The highest BCUT2D eigenvalue weighted by Crippen LogP contribution is 2.45. The van der Waals surface area contributed by atoms with Crippen LogP contribution in [-0.2, 0) is 4.74 Å². The number of carbonyl (C=O) groups is 2. The molecule has 1 N–H and O–H groups in total. The van der Waals surface area contributed by atoms with Crippen molar-refractivity contribution in [3.05, 3.63) is 35.8 Å². The van der Waals surface area contributed by atoms with Crippen LogP contribution in [0, 0.1) is 6.92 Å². The van der Waals surface area contributed by atoms with E-state index in [1.807, 2.05) is 45.6 Å². The summed E-state index contributed by atoms with van der Waals surface area (Å²) in [7, 11) is 0. The lowest BCUT2D eigenvalue weighted by Gasteiger charge is -2.42. The largest absolute Gasteiger partial charge is 0.477 e. The van der Waals surface area contributed by atoms with Gasteiger partial charge >= 0.3 is 6.09 Å². The van der Waals surface area contributed by atoms with Crippen molar-refractivity contribution in [1.29, 1.82) is 0 Å². The third-order valence-electron chi connectivity index (χ3n) is 6.37. The predicted octanol–water partition coefficient (Wildman–Crippen LogP) is 3.07. The van der Waals surface area contributed by atoms with Crippen LogP contribution in [0.2, 0.25) is 0 Å². The Balaban J connectivity index is 1.27. The van der Waals surface area contributed by atoms with Crippen LogP contribution in [0.15, 0.2) is 24.5 Å². The topological polar surface area (TPSA) is 127 Å². The van der Waals surface area contributed by atoms with Crippen molar-refractivity contribution in [2.45, 2.75) is 58.6 Å². The van der Waals surface area contributed by atoms with Crippen LogP contribution in [0.5, 0.6) is 5.88 Å². The molecule has 0 aromatic carbocycles. The maximum Gasteiger partial charge on any atom is 0.410 e. The second-order valence-corrected chi connectivity index (χ2v) is 10.5. The molecule has 1 spiro atoms. The SMILES string of the molecule is CCOc1nc2nc(C)cn2cc1C(=O)Nc1ccc(N2CCN(C(=O)OC(C)(C)C)C3(CC3)C2)nn1. The summed E-state index contributed by atoms with van der Waals surface area (Å²) >= 11 is 0. The van der Waals surface area contributed by atoms with Crippen molar-refractivity contribution in [1.82, 2.24) is 29.5 Å². The van der Waals surface area contributed by atoms with Crippen LogP contribution < -0.4 is 15.0 Å². The van der Waals surface area contributed by atoms with E-state index < -0.39 is 11.5 Å². The summed E-state index contributed by atoms with van der Waals surface area (Å²) in [5, 5.41) is 11.3. The van der Waals surface area contributed by atoms with Crippen LogP contribution in [0.1, 0.15) is 56.6 Å². The molecule has 1 saturated heterocycles. The van der Waals surface area contributed by atoms with Gasteiger partial charge in [-0.2, -0.15) is 4.98 Å². The Kier molecular flexibility index (Phi) is 6.12. The Bertz CT molecular complexity index is 1330. The maximum atomic E-state index is 13.0. The number of amides is 2. The number of piperazine rings is 1. The number of nitrogens with zero attached hydrogens (tertiary/aromatic N) is 7. The second-order valence-electron chi connectivity index (χ2n) is 10.5. The third-order valence-corrected chi connectivity index (χ3v) is 6.37. The maximum absolute atomic E-state index is 13.0. The molecule has 1 aliphatic heterocycles. The number of anilines is 2. The fourth-order valence-corrected chi connectivity index (χ4v) is 4.52. The van der Waals surface area contributed by atoms with Crippen molar-refractivity contribution >= 4 is 29.4 Å². The number of hydrogen-bond acceptors (Lipinski definition) is 9. The normalized spacial score (nSPS) is 16.7. The number of aryl methyl sites for hydroxylation is 1. The number of nitrogens with one attached hydrogen (secondary N) is 1. The fraction of sp³-hybridized carbons (Fsp3) is 0.520. The van der Waals surface area contributed by atoms with E-state index in [1.165, 1.54) is 0 Å². The molecular weight excluding hydrogens is 476 g/mol. The van der Waals surface area contributed by atoms with Crippen LogP contribution in [-0.4, -0.2) is 78.8 Å². The van der Waals surface area contributed by atoms with Gasteiger partial charge in [-0.3, -0.25) is 14.1 Å². The monoisotopic (exact) mass is 508 g/mol. The van der Waals surface area contributed by atoms with Gasteiger partial charge in [0.05, 0.1) is 17.8 Å². The molecule has 12 heteroatoms. The van der Waals surface area contributed by atoms with Crippen LogP contribution in [0.4, 0.5) is 16.4 Å². The lowest BCUT2D eigenvalue weighted by Crippen LogP contribution is -2.58. The highest BCUT2D eigenvalue weighted by molar-refractivity contribution is 6.05. The van der Waals surface area contributed by atoms with E-state index in [4.69, 9.17) is 9.47 Å². The van der Waals surface area contributed by atoms with E-state index in [0.717, 1.165) is 18.5 Å². The summed E-state index contributed by atoms with van der Waals surface area (Å²) in [5.41, 5.74) is 0.307. The molecule has 2 fully saturated rings. The van der Waals surface area contributed by atoms with Crippen molar-refractivity contribution in [2.75, 3.05) is 36.5 Å². The summed E-state index contributed by atoms with van der Waals surface area (Å²) in [6, 6.07) is 3.54. The summed E-state index contributed by atoms with van der Waals surface area (Å²) in [6.07, 6.45) is 5.03. The summed E-state index contributed by atoms with van der Waals surface area (Å²) < 4.78 is 12.9. The molecule has 4 heterocycles. The van der Waals surface area contributed by atoms with E-state index in [-0.39, 0.29) is 23.1 Å². The molecule has 0 radical (unpaired) electrons. The number of rotatable bonds is 5. The Morgan fingerprint density at radius 2 is 1.89 bits per heavy atom. The van der Waals surface area contributed by atoms with Gasteiger partial charge in [-0.15, -0.1) is 10.2 Å². The first-order valence-electron chi connectivity index (χ1n) is 12.5. The third kappa shape index (κ3) is 5.13. The number of carbonyl (C=O) groups excluding carboxylic acids is 2. The number of imidazole rings is 1. The Morgan fingerprint density at radius 3 is 2.54 bits per heavy atom. The summed E-state index contributed by atoms with van der Waals surface area (Å²) in [5.74, 6) is 1.27. The zero-order chi connectivity index (χ0) is 26.4. The Labute approximate surface area is 215 Å². The van der Waals surface area contributed by atoms with Gasteiger partial charge in [-0.05, 0) is 59.6 Å². The first-order valence-corrected chi connectivity index (χ1v) is 12.5. The van der Waals surface area contributed by atoms with E-state index in [0.29, 0.717) is 43.7 Å². The van der Waals surface area contributed by atoms with E-state index >= 15 is 0 Å². The molecule has 3 aromatic heterocycles. The van der Waals surface area contributed by atoms with Gasteiger partial charge in [-0.25, -0.2) is 9.78 Å². The fourth-order valence-electron chi connectivity index (χ4n) is 4.52. The minimum Gasteiger partial charge on any atom is -0.477 e. The molecule has 0 atom stereocenters.